The molecule has 0 N–H and O–H groups in total. The van der Waals surface area contributed by atoms with Gasteiger partial charge in [0.25, 0.3) is 0 Å². The van der Waals surface area contributed by atoms with Gasteiger partial charge in [-0.25, -0.2) is 0 Å². The van der Waals surface area contributed by atoms with Crippen molar-refractivity contribution in [2.24, 2.45) is 5.92 Å². The Labute approximate surface area is 69.5 Å². The molecule has 11 heavy (non-hydrogen) atoms. The summed E-state index contributed by atoms with van der Waals surface area (Å²) in [5.74, 6) is 0.806. The second kappa shape index (κ2) is 4.07. The van der Waals surface area contributed by atoms with Gasteiger partial charge >= 0.3 is 0 Å². The Morgan fingerprint density at radius 1 is 1.55 bits per heavy atom. The molecular weight excluding hydrogens is 138 g/mol. The average molecular weight is 157 g/mol. The fraction of sp³-hybridized carbons (Fsp3) is 1.00. The van der Waals surface area contributed by atoms with Gasteiger partial charge in [0, 0.05) is 26.2 Å². The van der Waals surface area contributed by atoms with E-state index in [9.17, 15) is 0 Å². The van der Waals surface area contributed by atoms with Crippen molar-refractivity contribution in [3.63, 3.8) is 0 Å². The maximum Gasteiger partial charge on any atom is 0.0589 e. The van der Waals surface area contributed by atoms with Crippen LogP contribution in [0.15, 0.2) is 0 Å². The molecule has 1 heterocycles. The lowest BCUT2D eigenvalue weighted by molar-refractivity contribution is 0.0307. The SMILES string of the molecule is COCCN1CC[C@@H]1C(C)C. The van der Waals surface area contributed by atoms with E-state index in [1.807, 2.05) is 0 Å². The second-order valence-electron chi connectivity index (χ2n) is 3.63. The largest absolute Gasteiger partial charge is 0.383 e. The minimum Gasteiger partial charge on any atom is -0.383 e. The summed E-state index contributed by atoms with van der Waals surface area (Å²) in [6.45, 7) is 7.85. The van der Waals surface area contributed by atoms with E-state index in [0.717, 1.165) is 25.1 Å². The smallest absolute Gasteiger partial charge is 0.0589 e. The molecule has 0 radical (unpaired) electrons. The molecule has 66 valence electrons. The molecule has 0 aromatic carbocycles. The number of nitrogens with zero attached hydrogens (tertiary/aromatic N) is 1. The number of likely N-dealkylation sites (tertiary alicyclic amines) is 1. The summed E-state index contributed by atoms with van der Waals surface area (Å²) in [5.41, 5.74) is 0. The van der Waals surface area contributed by atoms with E-state index < -0.39 is 0 Å². The van der Waals surface area contributed by atoms with Crippen molar-refractivity contribution in [3.05, 3.63) is 0 Å². The van der Waals surface area contributed by atoms with Crippen LogP contribution in [-0.4, -0.2) is 37.7 Å². The first kappa shape index (κ1) is 9.01. The molecule has 1 atom stereocenters. The monoisotopic (exact) mass is 157 g/mol. The lowest BCUT2D eigenvalue weighted by atomic mass is 9.92. The molecule has 1 aliphatic rings. The van der Waals surface area contributed by atoms with Gasteiger partial charge in [0.05, 0.1) is 6.61 Å². The van der Waals surface area contributed by atoms with Crippen molar-refractivity contribution >= 4 is 0 Å². The van der Waals surface area contributed by atoms with E-state index in [1.54, 1.807) is 7.11 Å². The Morgan fingerprint density at radius 3 is 2.64 bits per heavy atom. The molecule has 1 aliphatic heterocycles. The highest BCUT2D eigenvalue weighted by Gasteiger charge is 2.29. The highest BCUT2D eigenvalue weighted by atomic mass is 16.5. The number of hydrogen-bond donors (Lipinski definition) is 0. The zero-order valence-corrected chi connectivity index (χ0v) is 7.84. The maximum atomic E-state index is 5.03. The number of hydrogen-bond acceptors (Lipinski definition) is 2. The van der Waals surface area contributed by atoms with Gasteiger partial charge in [0.1, 0.15) is 0 Å². The van der Waals surface area contributed by atoms with Crippen LogP contribution in [-0.2, 0) is 4.74 Å². The Balaban J connectivity index is 2.15. The molecule has 1 rings (SSSR count). The number of rotatable bonds is 4. The number of methoxy groups -OCH3 is 1. The first-order valence-corrected chi connectivity index (χ1v) is 4.48. The zero-order chi connectivity index (χ0) is 8.27. The molecule has 0 bridgehead atoms. The highest BCUT2D eigenvalue weighted by Crippen LogP contribution is 2.23. The van der Waals surface area contributed by atoms with Crippen LogP contribution in [0.3, 0.4) is 0 Å². The third-order valence-electron chi connectivity index (χ3n) is 2.53. The lowest BCUT2D eigenvalue weighted by Gasteiger charge is -2.43. The first-order chi connectivity index (χ1) is 5.25. The van der Waals surface area contributed by atoms with Crippen LogP contribution in [0.2, 0.25) is 0 Å². The van der Waals surface area contributed by atoms with Crippen LogP contribution in [0.4, 0.5) is 0 Å². The molecule has 2 heteroatoms. The Bertz CT molecular complexity index is 114. The quantitative estimate of drug-likeness (QED) is 0.611. The molecular formula is C9H19NO. The summed E-state index contributed by atoms with van der Waals surface area (Å²) in [5, 5.41) is 0. The number of ether oxygens (including phenoxy) is 1. The minimum atomic E-state index is 0.806. The van der Waals surface area contributed by atoms with Gasteiger partial charge in [-0.15, -0.1) is 0 Å². The average Bonchev–Trinajstić information content (AvgIpc) is 1.84. The van der Waals surface area contributed by atoms with E-state index in [2.05, 4.69) is 18.7 Å². The van der Waals surface area contributed by atoms with E-state index in [1.165, 1.54) is 13.0 Å². The van der Waals surface area contributed by atoms with E-state index in [-0.39, 0.29) is 0 Å². The van der Waals surface area contributed by atoms with E-state index in [0.29, 0.717) is 0 Å². The molecule has 2 nitrogen and oxygen atoms in total. The van der Waals surface area contributed by atoms with Gasteiger partial charge in [-0.2, -0.15) is 0 Å². The van der Waals surface area contributed by atoms with Gasteiger partial charge in [-0.3, -0.25) is 4.90 Å². The Kier molecular flexibility index (Phi) is 3.34. The summed E-state index contributed by atoms with van der Waals surface area (Å²) in [6.07, 6.45) is 1.38. The van der Waals surface area contributed by atoms with Gasteiger partial charge in [0.15, 0.2) is 0 Å². The van der Waals surface area contributed by atoms with Crippen LogP contribution in [0, 0.1) is 5.92 Å². The highest BCUT2D eigenvalue weighted by molar-refractivity contribution is 4.84. The predicted molar refractivity (Wildman–Crippen MR) is 46.7 cm³/mol. The van der Waals surface area contributed by atoms with Crippen molar-refractivity contribution in [3.8, 4) is 0 Å². The van der Waals surface area contributed by atoms with Crippen LogP contribution in [0.5, 0.6) is 0 Å². The lowest BCUT2D eigenvalue weighted by Crippen LogP contribution is -2.51. The topological polar surface area (TPSA) is 12.5 Å². The van der Waals surface area contributed by atoms with Crippen molar-refractivity contribution in [2.45, 2.75) is 26.3 Å². The Hall–Kier alpha value is -0.0800. The molecule has 0 unspecified atom stereocenters. The third-order valence-corrected chi connectivity index (χ3v) is 2.53. The van der Waals surface area contributed by atoms with Crippen molar-refractivity contribution in [1.82, 2.24) is 4.90 Å². The van der Waals surface area contributed by atoms with E-state index in [4.69, 9.17) is 4.74 Å². The van der Waals surface area contributed by atoms with Gasteiger partial charge < -0.3 is 4.74 Å². The fourth-order valence-electron chi connectivity index (χ4n) is 1.70. The van der Waals surface area contributed by atoms with Gasteiger partial charge in [0.2, 0.25) is 0 Å². The zero-order valence-electron chi connectivity index (χ0n) is 7.84. The van der Waals surface area contributed by atoms with Crippen molar-refractivity contribution in [2.75, 3.05) is 26.8 Å². The molecule has 0 aromatic rings. The molecule has 0 amide bonds. The Morgan fingerprint density at radius 2 is 2.27 bits per heavy atom. The second-order valence-corrected chi connectivity index (χ2v) is 3.63. The first-order valence-electron chi connectivity index (χ1n) is 4.48. The minimum absolute atomic E-state index is 0.806. The van der Waals surface area contributed by atoms with Crippen molar-refractivity contribution < 1.29 is 4.74 Å². The summed E-state index contributed by atoms with van der Waals surface area (Å²) in [4.78, 5) is 2.51. The molecule has 1 saturated heterocycles. The molecule has 0 saturated carbocycles. The summed E-state index contributed by atoms with van der Waals surface area (Å²) in [7, 11) is 1.77. The van der Waals surface area contributed by atoms with Gasteiger partial charge in [-0.05, 0) is 12.3 Å². The summed E-state index contributed by atoms with van der Waals surface area (Å²) in [6, 6.07) is 0.824. The predicted octanol–water partition coefficient (Wildman–Crippen LogP) is 1.36. The normalized spacial score (nSPS) is 25.6. The molecule has 0 spiro atoms. The standard InChI is InChI=1S/C9H19NO/c1-8(2)9-4-5-10(9)6-7-11-3/h8-9H,4-7H2,1-3H3/t9-/m1/s1. The third kappa shape index (κ3) is 2.17. The van der Waals surface area contributed by atoms with Gasteiger partial charge in [-0.1, -0.05) is 13.8 Å². The van der Waals surface area contributed by atoms with E-state index >= 15 is 0 Å². The maximum absolute atomic E-state index is 5.03. The van der Waals surface area contributed by atoms with Crippen molar-refractivity contribution in [1.29, 1.82) is 0 Å². The molecule has 1 fully saturated rings. The summed E-state index contributed by atoms with van der Waals surface area (Å²) < 4.78 is 5.03. The van der Waals surface area contributed by atoms with Crippen LogP contribution in [0.25, 0.3) is 0 Å². The molecule has 0 aromatic heterocycles. The van der Waals surface area contributed by atoms with Crippen LogP contribution in [0.1, 0.15) is 20.3 Å². The summed E-state index contributed by atoms with van der Waals surface area (Å²) >= 11 is 0. The molecule has 0 aliphatic carbocycles. The van der Waals surface area contributed by atoms with Crippen LogP contribution >= 0.6 is 0 Å². The van der Waals surface area contributed by atoms with Crippen LogP contribution < -0.4 is 0 Å². The fourth-order valence-corrected chi connectivity index (χ4v) is 1.70.